The molecule has 0 radical (unpaired) electrons. The van der Waals surface area contributed by atoms with Crippen molar-refractivity contribution < 1.29 is 14.3 Å². The molecule has 0 spiro atoms. The smallest absolute Gasteiger partial charge is 0.233 e. The van der Waals surface area contributed by atoms with Crippen molar-refractivity contribution in [3.05, 3.63) is 76.9 Å². The summed E-state index contributed by atoms with van der Waals surface area (Å²) in [6.45, 7) is 0. The lowest BCUT2D eigenvalue weighted by atomic mass is 9.92. The molecule has 0 unspecified atom stereocenters. The number of ketones is 2. The number of fused-ring (bicyclic) bond motifs is 1. The molecule has 0 bridgehead atoms. The Bertz CT molecular complexity index is 799. The normalized spacial score (nSPS) is 14.0. The first kappa shape index (κ1) is 14.0. The zero-order valence-corrected chi connectivity index (χ0v) is 12.1. The van der Waals surface area contributed by atoms with Gasteiger partial charge in [0.1, 0.15) is 5.76 Å². The Kier molecular flexibility index (Phi) is 3.71. The third-order valence-corrected chi connectivity index (χ3v) is 3.53. The summed E-state index contributed by atoms with van der Waals surface area (Å²) >= 11 is 0. The predicted octanol–water partition coefficient (Wildman–Crippen LogP) is 3.61. The molecular weight excluding hydrogens is 276 g/mol. The van der Waals surface area contributed by atoms with Crippen LogP contribution in [-0.4, -0.2) is 18.7 Å². The maximum atomic E-state index is 11.9. The van der Waals surface area contributed by atoms with Crippen molar-refractivity contribution in [1.29, 1.82) is 0 Å². The molecular formula is C19H14O3. The number of benzene rings is 2. The van der Waals surface area contributed by atoms with Crippen LogP contribution >= 0.6 is 0 Å². The lowest BCUT2D eigenvalue weighted by Crippen LogP contribution is -2.19. The van der Waals surface area contributed by atoms with Crippen molar-refractivity contribution in [2.75, 3.05) is 7.11 Å². The SMILES string of the molecule is COC1=CC(=O)C(=O)c2ccc(/C=C/c3ccccc3)cc21. The molecule has 0 saturated carbocycles. The second-order valence-corrected chi connectivity index (χ2v) is 4.96. The van der Waals surface area contributed by atoms with E-state index in [-0.39, 0.29) is 0 Å². The third kappa shape index (κ3) is 2.61. The molecule has 0 aliphatic heterocycles. The molecule has 0 fully saturated rings. The van der Waals surface area contributed by atoms with Crippen LogP contribution in [0.3, 0.4) is 0 Å². The first-order chi connectivity index (χ1) is 10.7. The van der Waals surface area contributed by atoms with E-state index in [1.807, 2.05) is 54.6 Å². The van der Waals surface area contributed by atoms with Crippen molar-refractivity contribution >= 4 is 29.5 Å². The summed E-state index contributed by atoms with van der Waals surface area (Å²) in [5, 5.41) is 0. The number of carbonyl (C=O) groups is 2. The van der Waals surface area contributed by atoms with Gasteiger partial charge in [-0.15, -0.1) is 0 Å². The number of carbonyl (C=O) groups excluding carboxylic acids is 2. The largest absolute Gasteiger partial charge is 0.496 e. The minimum atomic E-state index is -0.545. The fourth-order valence-electron chi connectivity index (χ4n) is 2.39. The highest BCUT2D eigenvalue weighted by atomic mass is 16.5. The highest BCUT2D eigenvalue weighted by Crippen LogP contribution is 2.27. The number of hydrogen-bond acceptors (Lipinski definition) is 3. The van der Waals surface area contributed by atoms with Gasteiger partial charge in [0.15, 0.2) is 0 Å². The fraction of sp³-hybridized carbons (Fsp3) is 0.0526. The second kappa shape index (κ2) is 5.82. The van der Waals surface area contributed by atoms with Crippen LogP contribution in [0.2, 0.25) is 0 Å². The molecule has 2 aromatic rings. The van der Waals surface area contributed by atoms with Crippen LogP contribution in [0.5, 0.6) is 0 Å². The average Bonchev–Trinajstić information content (AvgIpc) is 2.57. The van der Waals surface area contributed by atoms with Crippen molar-refractivity contribution in [1.82, 2.24) is 0 Å². The second-order valence-electron chi connectivity index (χ2n) is 4.96. The zero-order chi connectivity index (χ0) is 15.5. The molecule has 0 saturated heterocycles. The highest BCUT2D eigenvalue weighted by molar-refractivity contribution is 6.50. The predicted molar refractivity (Wildman–Crippen MR) is 86.1 cm³/mol. The zero-order valence-electron chi connectivity index (χ0n) is 12.1. The van der Waals surface area contributed by atoms with E-state index in [1.165, 1.54) is 13.2 Å². The number of allylic oxidation sites excluding steroid dienone is 1. The van der Waals surface area contributed by atoms with E-state index < -0.39 is 11.6 Å². The van der Waals surface area contributed by atoms with Gasteiger partial charge in [-0.25, -0.2) is 0 Å². The molecule has 0 heterocycles. The van der Waals surface area contributed by atoms with Crippen LogP contribution in [0.15, 0.2) is 54.6 Å². The van der Waals surface area contributed by atoms with Crippen molar-refractivity contribution in [3.8, 4) is 0 Å². The Morgan fingerprint density at radius 1 is 0.864 bits per heavy atom. The van der Waals surface area contributed by atoms with Gasteiger partial charge in [-0.3, -0.25) is 9.59 Å². The quantitative estimate of drug-likeness (QED) is 0.640. The molecule has 0 atom stereocenters. The van der Waals surface area contributed by atoms with Crippen LogP contribution in [0, 0.1) is 0 Å². The van der Waals surface area contributed by atoms with E-state index >= 15 is 0 Å². The van der Waals surface area contributed by atoms with Gasteiger partial charge < -0.3 is 4.74 Å². The van der Waals surface area contributed by atoms with Crippen LogP contribution in [0.25, 0.3) is 17.9 Å². The van der Waals surface area contributed by atoms with Gasteiger partial charge in [0.2, 0.25) is 11.6 Å². The topological polar surface area (TPSA) is 43.4 Å². The molecule has 3 nitrogen and oxygen atoms in total. The Labute approximate surface area is 128 Å². The summed E-state index contributed by atoms with van der Waals surface area (Å²) in [5.74, 6) is -0.610. The fourth-order valence-corrected chi connectivity index (χ4v) is 2.39. The molecule has 1 aliphatic carbocycles. The standard InChI is InChI=1S/C19H14O3/c1-22-18-12-17(20)19(21)15-10-9-14(11-16(15)18)8-7-13-5-3-2-4-6-13/h2-12H,1H3/b8-7+. The first-order valence-electron chi connectivity index (χ1n) is 6.91. The summed E-state index contributed by atoms with van der Waals surface area (Å²) in [4.78, 5) is 23.5. The van der Waals surface area contributed by atoms with E-state index in [2.05, 4.69) is 0 Å². The van der Waals surface area contributed by atoms with Crippen molar-refractivity contribution in [2.24, 2.45) is 0 Å². The number of hydrogen-bond donors (Lipinski definition) is 0. The molecule has 1 aliphatic rings. The summed E-state index contributed by atoms with van der Waals surface area (Å²) in [6.07, 6.45) is 5.20. The summed E-state index contributed by atoms with van der Waals surface area (Å²) < 4.78 is 5.22. The van der Waals surface area contributed by atoms with Crippen molar-refractivity contribution in [3.63, 3.8) is 0 Å². The van der Waals surface area contributed by atoms with Crippen LogP contribution in [-0.2, 0) is 9.53 Å². The van der Waals surface area contributed by atoms with Crippen LogP contribution < -0.4 is 0 Å². The average molecular weight is 290 g/mol. The maximum absolute atomic E-state index is 11.9. The molecule has 3 rings (SSSR count). The van der Waals surface area contributed by atoms with Crippen LogP contribution in [0.4, 0.5) is 0 Å². The molecule has 22 heavy (non-hydrogen) atoms. The van der Waals surface area contributed by atoms with Gasteiger partial charge in [0.05, 0.1) is 7.11 Å². The summed E-state index contributed by atoms with van der Waals surface area (Å²) in [7, 11) is 1.49. The van der Waals surface area contributed by atoms with Gasteiger partial charge in [0.25, 0.3) is 0 Å². The number of Topliss-reactive ketones (excluding diaryl/α,β-unsaturated/α-hetero) is 1. The molecule has 2 aromatic carbocycles. The Morgan fingerprint density at radius 2 is 1.59 bits per heavy atom. The lowest BCUT2D eigenvalue weighted by Gasteiger charge is -2.15. The molecule has 3 heteroatoms. The Morgan fingerprint density at radius 3 is 2.32 bits per heavy atom. The summed E-state index contributed by atoms with van der Waals surface area (Å²) in [6, 6.07) is 15.3. The van der Waals surface area contributed by atoms with Crippen molar-refractivity contribution in [2.45, 2.75) is 0 Å². The van der Waals surface area contributed by atoms with E-state index in [4.69, 9.17) is 4.74 Å². The summed E-state index contributed by atoms with van der Waals surface area (Å²) in [5.41, 5.74) is 3.07. The van der Waals surface area contributed by atoms with Gasteiger partial charge in [0, 0.05) is 17.2 Å². The van der Waals surface area contributed by atoms with Gasteiger partial charge in [-0.1, -0.05) is 48.6 Å². The number of rotatable bonds is 3. The van der Waals surface area contributed by atoms with Gasteiger partial charge >= 0.3 is 0 Å². The minimum absolute atomic E-state index is 0.390. The Hall–Kier alpha value is -2.94. The lowest BCUT2D eigenvalue weighted by molar-refractivity contribution is -0.111. The highest BCUT2D eigenvalue weighted by Gasteiger charge is 2.26. The number of ether oxygens (including phenoxy) is 1. The number of methoxy groups -OCH3 is 1. The Balaban J connectivity index is 1.98. The van der Waals surface area contributed by atoms with Gasteiger partial charge in [-0.2, -0.15) is 0 Å². The van der Waals surface area contributed by atoms with E-state index in [0.717, 1.165) is 11.1 Å². The molecule has 0 aromatic heterocycles. The van der Waals surface area contributed by atoms with Crippen LogP contribution in [0.1, 0.15) is 27.0 Å². The first-order valence-corrected chi connectivity index (χ1v) is 6.91. The molecule has 0 N–H and O–H groups in total. The van der Waals surface area contributed by atoms with E-state index in [0.29, 0.717) is 16.9 Å². The molecule has 0 amide bonds. The van der Waals surface area contributed by atoms with E-state index in [1.54, 1.807) is 6.07 Å². The monoisotopic (exact) mass is 290 g/mol. The molecule has 108 valence electrons. The van der Waals surface area contributed by atoms with E-state index in [9.17, 15) is 9.59 Å². The minimum Gasteiger partial charge on any atom is -0.496 e. The maximum Gasteiger partial charge on any atom is 0.233 e. The van der Waals surface area contributed by atoms with Gasteiger partial charge in [-0.05, 0) is 23.3 Å². The third-order valence-electron chi connectivity index (χ3n) is 3.53.